The number of nitrogens with one attached hydrogen (secondary N) is 1. The third kappa shape index (κ3) is 4.05. The van der Waals surface area contributed by atoms with Crippen LogP contribution in [0.1, 0.15) is 28.0 Å². The van der Waals surface area contributed by atoms with Crippen molar-refractivity contribution in [2.24, 2.45) is 0 Å². The molecular weight excluding hydrogens is 447 g/mol. The lowest BCUT2D eigenvalue weighted by molar-refractivity contribution is 0.0729. The molecule has 5 rings (SSSR count). The van der Waals surface area contributed by atoms with Gasteiger partial charge in [0, 0.05) is 24.2 Å². The number of para-hydroxylation sites is 1. The van der Waals surface area contributed by atoms with Crippen molar-refractivity contribution >= 4 is 21.7 Å². The van der Waals surface area contributed by atoms with Gasteiger partial charge < -0.3 is 10.1 Å². The Labute approximate surface area is 191 Å². The number of hydrogen-bond donors (Lipinski definition) is 1. The molecule has 1 aliphatic heterocycles. The molecule has 8 nitrogen and oxygen atoms in total. The van der Waals surface area contributed by atoms with Crippen molar-refractivity contribution in [2.45, 2.75) is 24.2 Å². The van der Waals surface area contributed by atoms with Crippen molar-refractivity contribution in [1.29, 1.82) is 0 Å². The number of aryl methyl sites for hydroxylation is 1. The number of amides is 1. The van der Waals surface area contributed by atoms with Gasteiger partial charge in [-0.25, -0.2) is 17.5 Å². The second-order valence-corrected chi connectivity index (χ2v) is 9.90. The Morgan fingerprint density at radius 1 is 1.06 bits per heavy atom. The molecule has 0 bridgehead atoms. The molecule has 1 aliphatic carbocycles. The summed E-state index contributed by atoms with van der Waals surface area (Å²) in [6, 6.07) is 12.8. The second kappa shape index (κ2) is 8.69. The molecule has 3 aromatic rings. The minimum atomic E-state index is -4.09. The highest BCUT2D eigenvalue weighted by atomic mass is 32.2. The first kappa shape index (κ1) is 21.7. The number of benzene rings is 2. The first-order chi connectivity index (χ1) is 15.9. The number of carbonyl (C=O) groups is 1. The van der Waals surface area contributed by atoms with Gasteiger partial charge in [0.2, 0.25) is 10.0 Å². The maximum absolute atomic E-state index is 14.5. The molecule has 172 valence electrons. The van der Waals surface area contributed by atoms with Crippen LogP contribution in [0, 0.1) is 5.82 Å². The number of ether oxygens (including phenoxy) is 1. The summed E-state index contributed by atoms with van der Waals surface area (Å²) in [4.78, 5) is 12.6. The number of anilines is 1. The van der Waals surface area contributed by atoms with E-state index in [1.165, 1.54) is 10.4 Å². The molecule has 0 radical (unpaired) electrons. The highest BCUT2D eigenvalue weighted by molar-refractivity contribution is 7.89. The Bertz CT molecular complexity index is 1300. The van der Waals surface area contributed by atoms with E-state index in [0.29, 0.717) is 5.82 Å². The zero-order chi connectivity index (χ0) is 23.0. The van der Waals surface area contributed by atoms with Crippen LogP contribution in [-0.4, -0.2) is 54.7 Å². The standard InChI is InChI=1S/C23H23FN4O4S/c24-19-10-9-16(15-21(19)33(30,31)27-11-13-32-14-12-27)23(29)25-22-18-7-4-8-20(18)26-28(22)17-5-2-1-3-6-17/h1-3,5-6,9-10,15H,4,7-8,11-14H2,(H,25,29). The van der Waals surface area contributed by atoms with Gasteiger partial charge in [0.1, 0.15) is 16.5 Å². The molecular formula is C23H23FN4O4S. The number of halogens is 1. The molecule has 0 unspecified atom stereocenters. The van der Waals surface area contributed by atoms with Crippen LogP contribution in [0.15, 0.2) is 53.4 Å². The van der Waals surface area contributed by atoms with Crippen LogP contribution in [0.5, 0.6) is 0 Å². The van der Waals surface area contributed by atoms with Gasteiger partial charge in [-0.2, -0.15) is 9.40 Å². The van der Waals surface area contributed by atoms with E-state index in [4.69, 9.17) is 4.74 Å². The molecule has 1 aromatic heterocycles. The lowest BCUT2D eigenvalue weighted by Gasteiger charge is -2.26. The van der Waals surface area contributed by atoms with Gasteiger partial charge in [-0.05, 0) is 49.6 Å². The van der Waals surface area contributed by atoms with Gasteiger partial charge in [0.25, 0.3) is 5.91 Å². The normalized spacial score (nSPS) is 16.5. The van der Waals surface area contributed by atoms with E-state index in [2.05, 4.69) is 10.4 Å². The molecule has 2 aliphatic rings. The third-order valence-electron chi connectivity index (χ3n) is 5.92. The minimum absolute atomic E-state index is 0.0517. The second-order valence-electron chi connectivity index (χ2n) is 7.99. The maximum Gasteiger partial charge on any atom is 0.256 e. The van der Waals surface area contributed by atoms with E-state index >= 15 is 0 Å². The van der Waals surface area contributed by atoms with E-state index in [1.807, 2.05) is 30.3 Å². The lowest BCUT2D eigenvalue weighted by atomic mass is 10.2. The SMILES string of the molecule is O=C(Nc1c2c(nn1-c1ccccc1)CCC2)c1ccc(F)c(S(=O)(=O)N2CCOCC2)c1. The van der Waals surface area contributed by atoms with E-state index < -0.39 is 26.6 Å². The van der Waals surface area contributed by atoms with Crippen molar-refractivity contribution in [3.05, 3.63) is 71.2 Å². The fraction of sp³-hybridized carbons (Fsp3) is 0.304. The molecule has 0 atom stereocenters. The summed E-state index contributed by atoms with van der Waals surface area (Å²) < 4.78 is 48.6. The first-order valence-electron chi connectivity index (χ1n) is 10.8. The van der Waals surface area contributed by atoms with Gasteiger partial charge in [0.15, 0.2) is 0 Å². The smallest absolute Gasteiger partial charge is 0.256 e. The van der Waals surface area contributed by atoms with E-state index in [0.717, 1.165) is 48.3 Å². The first-order valence-corrected chi connectivity index (χ1v) is 12.2. The van der Waals surface area contributed by atoms with Gasteiger partial charge in [-0.15, -0.1) is 0 Å². The van der Waals surface area contributed by atoms with Crippen LogP contribution in [0.4, 0.5) is 10.2 Å². The number of fused-ring (bicyclic) bond motifs is 1. The molecule has 1 saturated heterocycles. The molecule has 33 heavy (non-hydrogen) atoms. The van der Waals surface area contributed by atoms with Crippen LogP contribution < -0.4 is 5.32 Å². The Morgan fingerprint density at radius 3 is 2.58 bits per heavy atom. The zero-order valence-electron chi connectivity index (χ0n) is 17.8. The highest BCUT2D eigenvalue weighted by Gasteiger charge is 2.30. The molecule has 2 heterocycles. The Kier molecular flexibility index (Phi) is 5.73. The van der Waals surface area contributed by atoms with Crippen LogP contribution in [-0.2, 0) is 27.6 Å². The molecule has 0 spiro atoms. The third-order valence-corrected chi connectivity index (χ3v) is 7.83. The topological polar surface area (TPSA) is 93.5 Å². The number of aromatic nitrogens is 2. The molecule has 1 amide bonds. The number of sulfonamides is 1. The maximum atomic E-state index is 14.5. The summed E-state index contributed by atoms with van der Waals surface area (Å²) >= 11 is 0. The fourth-order valence-electron chi connectivity index (χ4n) is 4.22. The summed E-state index contributed by atoms with van der Waals surface area (Å²) in [6.07, 6.45) is 2.57. The van der Waals surface area contributed by atoms with Crippen LogP contribution >= 0.6 is 0 Å². The Balaban J connectivity index is 1.48. The summed E-state index contributed by atoms with van der Waals surface area (Å²) in [6.45, 7) is 0.770. The summed E-state index contributed by atoms with van der Waals surface area (Å²) in [5.41, 5.74) is 2.76. The number of carbonyl (C=O) groups excluding carboxylic acids is 1. The number of morpholine rings is 1. The van der Waals surface area contributed by atoms with Gasteiger partial charge >= 0.3 is 0 Å². The van der Waals surface area contributed by atoms with Crippen molar-refractivity contribution in [2.75, 3.05) is 31.6 Å². The van der Waals surface area contributed by atoms with E-state index in [-0.39, 0.29) is 31.9 Å². The quantitative estimate of drug-likeness (QED) is 0.619. The molecule has 2 aromatic carbocycles. The average Bonchev–Trinajstić information content (AvgIpc) is 3.43. The summed E-state index contributed by atoms with van der Waals surface area (Å²) in [7, 11) is -4.09. The predicted molar refractivity (Wildman–Crippen MR) is 120 cm³/mol. The van der Waals surface area contributed by atoms with E-state index in [9.17, 15) is 17.6 Å². The Hall–Kier alpha value is -3.08. The molecule has 10 heteroatoms. The van der Waals surface area contributed by atoms with Gasteiger partial charge in [0.05, 0.1) is 24.6 Å². The number of hydrogen-bond acceptors (Lipinski definition) is 5. The van der Waals surface area contributed by atoms with Crippen molar-refractivity contribution in [3.63, 3.8) is 0 Å². The molecule has 1 N–H and O–H groups in total. The van der Waals surface area contributed by atoms with Crippen LogP contribution in [0.2, 0.25) is 0 Å². The molecule has 1 fully saturated rings. The highest BCUT2D eigenvalue weighted by Crippen LogP contribution is 2.31. The minimum Gasteiger partial charge on any atom is -0.379 e. The van der Waals surface area contributed by atoms with Crippen LogP contribution in [0.3, 0.4) is 0 Å². The average molecular weight is 471 g/mol. The fourth-order valence-corrected chi connectivity index (χ4v) is 5.72. The Morgan fingerprint density at radius 2 is 1.82 bits per heavy atom. The number of nitrogens with zero attached hydrogens (tertiary/aromatic N) is 3. The van der Waals surface area contributed by atoms with Crippen molar-refractivity contribution in [1.82, 2.24) is 14.1 Å². The zero-order valence-corrected chi connectivity index (χ0v) is 18.6. The summed E-state index contributed by atoms with van der Waals surface area (Å²) in [5, 5.41) is 7.56. The van der Waals surface area contributed by atoms with Crippen LogP contribution in [0.25, 0.3) is 5.69 Å². The van der Waals surface area contributed by atoms with Crippen molar-refractivity contribution < 1.29 is 22.3 Å². The van der Waals surface area contributed by atoms with Gasteiger partial charge in [-0.3, -0.25) is 4.79 Å². The van der Waals surface area contributed by atoms with Gasteiger partial charge in [-0.1, -0.05) is 18.2 Å². The van der Waals surface area contributed by atoms with Crippen molar-refractivity contribution in [3.8, 4) is 5.69 Å². The predicted octanol–water partition coefficient (Wildman–Crippen LogP) is 2.77. The van der Waals surface area contributed by atoms with E-state index in [1.54, 1.807) is 4.68 Å². The monoisotopic (exact) mass is 470 g/mol. The largest absolute Gasteiger partial charge is 0.379 e. The molecule has 0 saturated carbocycles. The number of rotatable bonds is 5. The lowest BCUT2D eigenvalue weighted by Crippen LogP contribution is -2.41. The summed E-state index contributed by atoms with van der Waals surface area (Å²) in [5.74, 6) is -0.867.